The molecule has 0 radical (unpaired) electrons. The topological polar surface area (TPSA) is 64.9 Å². The molecule has 0 aliphatic carbocycles. The van der Waals surface area contributed by atoms with E-state index in [0.717, 1.165) is 22.0 Å². The largest absolute Gasteiger partial charge is 0.381 e. The summed E-state index contributed by atoms with van der Waals surface area (Å²) in [5, 5.41) is 5.57. The second-order valence-corrected chi connectivity index (χ2v) is 6.09. The van der Waals surface area contributed by atoms with Crippen LogP contribution < -0.4 is 5.73 Å². The smallest absolute Gasteiger partial charge is 0.172 e. The first kappa shape index (κ1) is 15.0. The van der Waals surface area contributed by atoms with Crippen molar-refractivity contribution in [2.24, 2.45) is 0 Å². The lowest BCUT2D eigenvalue weighted by molar-refractivity contribution is 0.436. The van der Waals surface area contributed by atoms with E-state index in [1.807, 2.05) is 42.5 Å². The summed E-state index contributed by atoms with van der Waals surface area (Å²) in [7, 11) is 0. The fraction of sp³-hybridized carbons (Fsp3) is 0. The Labute approximate surface area is 147 Å². The number of fused-ring (bicyclic) bond motifs is 1. The normalized spacial score (nSPS) is 11.1. The van der Waals surface area contributed by atoms with Crippen molar-refractivity contribution in [2.75, 3.05) is 5.73 Å². The molecule has 2 N–H and O–H groups in total. The van der Waals surface area contributed by atoms with Gasteiger partial charge in [-0.15, -0.1) is 0 Å². The number of halogens is 2. The molecule has 0 aliphatic rings. The Morgan fingerprint density at radius 1 is 0.917 bits per heavy atom. The van der Waals surface area contributed by atoms with Gasteiger partial charge in [0.25, 0.3) is 0 Å². The SMILES string of the molecule is Nc1cc(-c2c(Cl)nc3ccc(Cl)cc3c2-c2ccccc2)on1. The molecule has 0 unspecified atom stereocenters. The average Bonchev–Trinajstić information content (AvgIpc) is 3.01. The van der Waals surface area contributed by atoms with Gasteiger partial charge in [-0.05, 0) is 23.8 Å². The van der Waals surface area contributed by atoms with Crippen LogP contribution >= 0.6 is 23.2 Å². The lowest BCUT2D eigenvalue weighted by Crippen LogP contribution is -1.92. The van der Waals surface area contributed by atoms with Crippen molar-refractivity contribution in [3.05, 3.63) is 64.8 Å². The average molecular weight is 356 g/mol. The van der Waals surface area contributed by atoms with Crippen LogP contribution in [-0.4, -0.2) is 10.1 Å². The molecule has 0 fully saturated rings. The van der Waals surface area contributed by atoms with Crippen LogP contribution in [0.4, 0.5) is 5.82 Å². The Kier molecular flexibility index (Phi) is 3.63. The first-order valence-corrected chi connectivity index (χ1v) is 7.96. The molecule has 4 aromatic rings. The van der Waals surface area contributed by atoms with Gasteiger partial charge in [-0.3, -0.25) is 0 Å². The van der Waals surface area contributed by atoms with Gasteiger partial charge >= 0.3 is 0 Å². The molecule has 0 atom stereocenters. The highest BCUT2D eigenvalue weighted by Gasteiger charge is 2.20. The summed E-state index contributed by atoms with van der Waals surface area (Å²) in [5.41, 5.74) is 8.94. The molecule has 0 amide bonds. The van der Waals surface area contributed by atoms with E-state index in [4.69, 9.17) is 33.5 Å². The Hall–Kier alpha value is -2.56. The van der Waals surface area contributed by atoms with Gasteiger partial charge < -0.3 is 10.3 Å². The Morgan fingerprint density at radius 2 is 1.71 bits per heavy atom. The number of rotatable bonds is 2. The number of hydrogen-bond donors (Lipinski definition) is 1. The number of aromatic nitrogens is 2. The first-order valence-electron chi connectivity index (χ1n) is 7.20. The van der Waals surface area contributed by atoms with Gasteiger partial charge in [-0.2, -0.15) is 0 Å². The standard InChI is InChI=1S/C18H11Cl2N3O/c19-11-6-7-13-12(8-11)16(10-4-2-1-3-5-10)17(18(20)22-13)14-9-15(21)23-24-14/h1-9H,(H2,21,23). The summed E-state index contributed by atoms with van der Waals surface area (Å²) in [6, 6.07) is 17.0. The van der Waals surface area contributed by atoms with Crippen molar-refractivity contribution < 1.29 is 4.52 Å². The molecule has 0 bridgehead atoms. The van der Waals surface area contributed by atoms with Gasteiger partial charge in [0.1, 0.15) is 5.15 Å². The van der Waals surface area contributed by atoms with Gasteiger partial charge in [-0.25, -0.2) is 4.98 Å². The van der Waals surface area contributed by atoms with Gasteiger partial charge in [0.2, 0.25) is 0 Å². The zero-order chi connectivity index (χ0) is 16.7. The second kappa shape index (κ2) is 5.82. The maximum atomic E-state index is 6.47. The molecule has 118 valence electrons. The number of nitrogens with zero attached hydrogens (tertiary/aromatic N) is 2. The van der Waals surface area contributed by atoms with E-state index in [1.54, 1.807) is 12.1 Å². The molecule has 2 heterocycles. The lowest BCUT2D eigenvalue weighted by Gasteiger charge is -2.13. The van der Waals surface area contributed by atoms with Gasteiger partial charge in [0.15, 0.2) is 11.6 Å². The molecule has 0 saturated carbocycles. The summed E-state index contributed by atoms with van der Waals surface area (Å²) >= 11 is 12.7. The van der Waals surface area contributed by atoms with Gasteiger partial charge in [0, 0.05) is 22.0 Å². The Morgan fingerprint density at radius 3 is 2.42 bits per heavy atom. The number of pyridine rings is 1. The Balaban J connectivity index is 2.16. The third-order valence-electron chi connectivity index (χ3n) is 3.74. The molecule has 4 nitrogen and oxygen atoms in total. The highest BCUT2D eigenvalue weighted by Crippen LogP contribution is 2.42. The van der Waals surface area contributed by atoms with Crippen LogP contribution in [0.1, 0.15) is 0 Å². The number of nitrogen functional groups attached to an aromatic ring is 1. The molecule has 0 saturated heterocycles. The van der Waals surface area contributed by atoms with Crippen molar-refractivity contribution in [2.45, 2.75) is 0 Å². The molecule has 0 spiro atoms. The van der Waals surface area contributed by atoms with Crippen molar-refractivity contribution >= 4 is 39.9 Å². The van der Waals surface area contributed by atoms with Crippen LogP contribution in [0.15, 0.2) is 59.1 Å². The number of nitrogens with two attached hydrogens (primary N) is 1. The summed E-state index contributed by atoms with van der Waals surface area (Å²) in [6.45, 7) is 0. The maximum absolute atomic E-state index is 6.47. The zero-order valence-corrected chi connectivity index (χ0v) is 13.8. The van der Waals surface area contributed by atoms with E-state index in [-0.39, 0.29) is 5.82 Å². The van der Waals surface area contributed by atoms with Crippen molar-refractivity contribution in [1.82, 2.24) is 10.1 Å². The van der Waals surface area contributed by atoms with Gasteiger partial charge in [-0.1, -0.05) is 58.7 Å². The third-order valence-corrected chi connectivity index (χ3v) is 4.25. The number of anilines is 1. The summed E-state index contributed by atoms with van der Waals surface area (Å²) in [4.78, 5) is 4.47. The minimum absolute atomic E-state index is 0.284. The number of benzene rings is 2. The second-order valence-electron chi connectivity index (χ2n) is 5.30. The molecule has 2 aromatic carbocycles. The van der Waals surface area contributed by atoms with Crippen molar-refractivity contribution in [3.8, 4) is 22.5 Å². The molecule has 2 aromatic heterocycles. The number of hydrogen-bond acceptors (Lipinski definition) is 4. The third kappa shape index (κ3) is 2.50. The van der Waals surface area contributed by atoms with Crippen LogP contribution in [-0.2, 0) is 0 Å². The van der Waals surface area contributed by atoms with Gasteiger partial charge in [0.05, 0.1) is 11.1 Å². The monoisotopic (exact) mass is 355 g/mol. The summed E-state index contributed by atoms with van der Waals surface area (Å²) in [5.74, 6) is 0.747. The predicted octanol–water partition coefficient (Wildman–Crippen LogP) is 5.45. The van der Waals surface area contributed by atoms with Crippen LogP contribution in [0, 0.1) is 0 Å². The lowest BCUT2D eigenvalue weighted by atomic mass is 9.95. The van der Waals surface area contributed by atoms with E-state index < -0.39 is 0 Å². The van der Waals surface area contributed by atoms with Crippen molar-refractivity contribution in [3.63, 3.8) is 0 Å². The molecule has 0 aliphatic heterocycles. The van der Waals surface area contributed by atoms with E-state index >= 15 is 0 Å². The fourth-order valence-corrected chi connectivity index (χ4v) is 3.19. The minimum atomic E-state index is 0.284. The highest BCUT2D eigenvalue weighted by molar-refractivity contribution is 6.34. The van der Waals surface area contributed by atoms with E-state index in [1.165, 1.54) is 0 Å². The minimum Gasteiger partial charge on any atom is -0.381 e. The summed E-state index contributed by atoms with van der Waals surface area (Å²) in [6.07, 6.45) is 0. The van der Waals surface area contributed by atoms with Crippen molar-refractivity contribution in [1.29, 1.82) is 0 Å². The maximum Gasteiger partial charge on any atom is 0.172 e. The van der Waals surface area contributed by atoms with E-state index in [9.17, 15) is 0 Å². The summed E-state index contributed by atoms with van der Waals surface area (Å²) < 4.78 is 5.34. The predicted molar refractivity (Wildman–Crippen MR) is 97.1 cm³/mol. The molecule has 4 rings (SSSR count). The van der Waals surface area contributed by atoms with E-state index in [0.29, 0.717) is 21.5 Å². The zero-order valence-electron chi connectivity index (χ0n) is 12.3. The van der Waals surface area contributed by atoms with Crippen LogP contribution in [0.3, 0.4) is 0 Å². The van der Waals surface area contributed by atoms with Crippen LogP contribution in [0.2, 0.25) is 10.2 Å². The highest BCUT2D eigenvalue weighted by atomic mass is 35.5. The molecular formula is C18H11Cl2N3O. The first-order chi connectivity index (χ1) is 11.6. The van der Waals surface area contributed by atoms with Crippen LogP contribution in [0.5, 0.6) is 0 Å². The fourth-order valence-electron chi connectivity index (χ4n) is 2.74. The molecule has 6 heteroatoms. The molecule has 24 heavy (non-hydrogen) atoms. The van der Waals surface area contributed by atoms with E-state index in [2.05, 4.69) is 10.1 Å². The van der Waals surface area contributed by atoms with Crippen LogP contribution in [0.25, 0.3) is 33.4 Å². The molecular weight excluding hydrogens is 345 g/mol. The quantitative estimate of drug-likeness (QED) is 0.485. The Bertz CT molecular complexity index is 1050.